The largest absolute Gasteiger partial charge is 0.479 e. The van der Waals surface area contributed by atoms with E-state index in [1.165, 1.54) is 6.92 Å². The lowest BCUT2D eigenvalue weighted by atomic mass is 10.4. The van der Waals surface area contributed by atoms with Crippen molar-refractivity contribution in [3.05, 3.63) is 24.3 Å². The fraction of sp³-hybridized carbons (Fsp3) is 0.182. The van der Waals surface area contributed by atoms with Gasteiger partial charge in [0, 0.05) is 24.3 Å². The number of carboxylic acids is 5. The number of carboxylic acid groups (broad SMARTS) is 5. The molecule has 11 heteroatoms. The third-order valence-electron chi connectivity index (χ3n) is 1.09. The monoisotopic (exact) mass is 322 g/mol. The predicted molar refractivity (Wildman–Crippen MR) is 68.1 cm³/mol. The molecular weight excluding hydrogens is 308 g/mol. The lowest BCUT2D eigenvalue weighted by Crippen LogP contribution is -2.13. The van der Waals surface area contributed by atoms with Gasteiger partial charge in [-0.25, -0.2) is 24.0 Å². The third-order valence-corrected chi connectivity index (χ3v) is 1.09. The van der Waals surface area contributed by atoms with Crippen molar-refractivity contribution in [3.8, 4) is 0 Å². The molecule has 1 atom stereocenters. The summed E-state index contributed by atoms with van der Waals surface area (Å²) < 4.78 is 0. The summed E-state index contributed by atoms with van der Waals surface area (Å²) in [6.07, 6.45) is 1.000. The minimum absolute atomic E-state index is 0.558. The van der Waals surface area contributed by atoms with E-state index in [1.54, 1.807) is 0 Å². The normalized spacial score (nSPS) is 10.6. The SMILES string of the molecule is CC(O)C(=O)O.O=C(O)/C=C\C(=O)O.O=C(O)/C=C\C(=O)O. The van der Waals surface area contributed by atoms with E-state index in [0.717, 1.165) is 0 Å². The maximum atomic E-state index is 9.55. The van der Waals surface area contributed by atoms with Crippen molar-refractivity contribution >= 4 is 29.8 Å². The lowest BCUT2D eigenvalue weighted by molar-refractivity contribution is -0.145. The Morgan fingerprint density at radius 2 is 0.773 bits per heavy atom. The van der Waals surface area contributed by atoms with Gasteiger partial charge in [-0.05, 0) is 6.92 Å². The van der Waals surface area contributed by atoms with Crippen molar-refractivity contribution in [2.45, 2.75) is 13.0 Å². The minimum Gasteiger partial charge on any atom is -0.479 e. The molecule has 0 spiro atoms. The molecular formula is C11H14O11. The average molecular weight is 322 g/mol. The van der Waals surface area contributed by atoms with Crippen molar-refractivity contribution < 1.29 is 54.6 Å². The molecule has 1 unspecified atom stereocenters. The zero-order valence-electron chi connectivity index (χ0n) is 11.1. The Morgan fingerprint density at radius 3 is 0.818 bits per heavy atom. The smallest absolute Gasteiger partial charge is 0.332 e. The summed E-state index contributed by atoms with van der Waals surface area (Å²) in [5, 5.41) is 47.0. The molecule has 0 rings (SSSR count). The van der Waals surface area contributed by atoms with Gasteiger partial charge in [0.15, 0.2) is 0 Å². The molecule has 0 amide bonds. The first-order valence-corrected chi connectivity index (χ1v) is 5.08. The molecule has 0 aromatic heterocycles. The zero-order valence-corrected chi connectivity index (χ0v) is 11.1. The van der Waals surface area contributed by atoms with Gasteiger partial charge in [-0.1, -0.05) is 0 Å². The Bertz CT molecular complexity index is 393. The first-order chi connectivity index (χ1) is 9.89. The summed E-state index contributed by atoms with van der Waals surface area (Å²) >= 11 is 0. The molecule has 0 bridgehead atoms. The van der Waals surface area contributed by atoms with Crippen LogP contribution in [0.4, 0.5) is 0 Å². The van der Waals surface area contributed by atoms with Crippen LogP contribution in [0.15, 0.2) is 24.3 Å². The van der Waals surface area contributed by atoms with E-state index in [9.17, 15) is 24.0 Å². The van der Waals surface area contributed by atoms with Crippen LogP contribution in [-0.4, -0.2) is 66.6 Å². The van der Waals surface area contributed by atoms with Crippen molar-refractivity contribution in [2.75, 3.05) is 0 Å². The Kier molecular flexibility index (Phi) is 15.4. The van der Waals surface area contributed by atoms with Gasteiger partial charge in [0.1, 0.15) is 6.10 Å². The van der Waals surface area contributed by atoms with Gasteiger partial charge in [0.2, 0.25) is 0 Å². The van der Waals surface area contributed by atoms with Gasteiger partial charge >= 0.3 is 29.8 Å². The predicted octanol–water partition coefficient (Wildman–Crippen LogP) is -1.12. The highest BCUT2D eigenvalue weighted by Gasteiger charge is 2.01. The van der Waals surface area contributed by atoms with Gasteiger partial charge in [0.05, 0.1) is 0 Å². The highest BCUT2D eigenvalue weighted by molar-refractivity contribution is 5.90. The number of carbonyl (C=O) groups is 5. The van der Waals surface area contributed by atoms with E-state index >= 15 is 0 Å². The number of hydrogen-bond acceptors (Lipinski definition) is 6. The summed E-state index contributed by atoms with van der Waals surface area (Å²) in [7, 11) is 0. The van der Waals surface area contributed by atoms with Crippen LogP contribution in [0, 0.1) is 0 Å². The second-order valence-electron chi connectivity index (χ2n) is 3.03. The molecule has 0 aliphatic carbocycles. The van der Waals surface area contributed by atoms with Crippen LogP contribution >= 0.6 is 0 Å². The Hall–Kier alpha value is -3.21. The van der Waals surface area contributed by atoms with Gasteiger partial charge < -0.3 is 30.6 Å². The van der Waals surface area contributed by atoms with Crippen molar-refractivity contribution in [1.82, 2.24) is 0 Å². The molecule has 22 heavy (non-hydrogen) atoms. The van der Waals surface area contributed by atoms with Crippen LogP contribution < -0.4 is 0 Å². The number of rotatable bonds is 5. The second-order valence-corrected chi connectivity index (χ2v) is 3.03. The minimum atomic E-state index is -1.26. The third kappa shape index (κ3) is 36.0. The molecule has 0 aliphatic heterocycles. The van der Waals surface area contributed by atoms with Crippen LogP contribution in [0.2, 0.25) is 0 Å². The van der Waals surface area contributed by atoms with Gasteiger partial charge in [0.25, 0.3) is 0 Å². The molecule has 0 aliphatic rings. The molecule has 11 nitrogen and oxygen atoms in total. The molecule has 124 valence electrons. The summed E-state index contributed by atoms with van der Waals surface area (Å²) in [5.74, 6) is -6.21. The molecule has 0 saturated heterocycles. The van der Waals surface area contributed by atoms with Gasteiger partial charge in [-0.15, -0.1) is 0 Å². The first kappa shape index (κ1) is 23.9. The Balaban J connectivity index is -0.000000249. The standard InChI is InChI=1S/2C4H4O4.C3H6O3/c2*5-3(6)1-2-4(7)8;1-2(4)3(5)6/h2*1-2H,(H,5,6)(H,7,8);2,4H,1H3,(H,5,6)/b2*2-1-;. The number of aliphatic carboxylic acids is 5. The quantitative estimate of drug-likeness (QED) is 0.334. The second kappa shape index (κ2) is 14.2. The van der Waals surface area contributed by atoms with Crippen LogP contribution in [0.5, 0.6) is 0 Å². The van der Waals surface area contributed by atoms with Crippen LogP contribution in [0.3, 0.4) is 0 Å². The number of aliphatic hydroxyl groups excluding tert-OH is 1. The topological polar surface area (TPSA) is 207 Å². The van der Waals surface area contributed by atoms with E-state index in [2.05, 4.69) is 0 Å². The number of aliphatic hydroxyl groups is 1. The Morgan fingerprint density at radius 1 is 0.636 bits per heavy atom. The highest BCUT2D eigenvalue weighted by Crippen LogP contribution is 1.73. The molecule has 0 fully saturated rings. The fourth-order valence-electron chi connectivity index (χ4n) is 0.285. The number of hydrogen-bond donors (Lipinski definition) is 6. The van der Waals surface area contributed by atoms with Gasteiger partial charge in [-0.3, -0.25) is 0 Å². The van der Waals surface area contributed by atoms with E-state index in [1.807, 2.05) is 0 Å². The summed E-state index contributed by atoms with van der Waals surface area (Å²) in [6, 6.07) is 0. The van der Waals surface area contributed by atoms with Crippen molar-refractivity contribution in [2.24, 2.45) is 0 Å². The Labute approximate surface area is 123 Å². The molecule has 0 heterocycles. The first-order valence-electron chi connectivity index (χ1n) is 5.08. The van der Waals surface area contributed by atoms with Crippen molar-refractivity contribution in [1.29, 1.82) is 0 Å². The fourth-order valence-corrected chi connectivity index (χ4v) is 0.285. The zero-order chi connectivity index (χ0) is 18.3. The molecule has 0 saturated carbocycles. The van der Waals surface area contributed by atoms with E-state index in [-0.39, 0.29) is 0 Å². The lowest BCUT2D eigenvalue weighted by Gasteiger charge is -1.89. The van der Waals surface area contributed by atoms with Crippen LogP contribution in [0.25, 0.3) is 0 Å². The van der Waals surface area contributed by atoms with E-state index in [0.29, 0.717) is 24.3 Å². The highest BCUT2D eigenvalue weighted by atomic mass is 16.4. The van der Waals surface area contributed by atoms with E-state index in [4.69, 9.17) is 30.6 Å². The average Bonchev–Trinajstić information content (AvgIpc) is 2.35. The summed E-state index contributed by atoms with van der Waals surface area (Å²) in [5.41, 5.74) is 0. The van der Waals surface area contributed by atoms with Crippen molar-refractivity contribution in [3.63, 3.8) is 0 Å². The molecule has 0 aromatic carbocycles. The van der Waals surface area contributed by atoms with Crippen LogP contribution in [0.1, 0.15) is 6.92 Å². The molecule has 0 aromatic rings. The summed E-state index contributed by atoms with van der Waals surface area (Å²) in [4.78, 5) is 47.7. The van der Waals surface area contributed by atoms with E-state index < -0.39 is 36.0 Å². The molecule has 6 N–H and O–H groups in total. The van der Waals surface area contributed by atoms with Gasteiger partial charge in [-0.2, -0.15) is 0 Å². The maximum absolute atomic E-state index is 9.55. The van der Waals surface area contributed by atoms with Crippen LogP contribution in [-0.2, 0) is 24.0 Å². The molecule has 0 radical (unpaired) electrons. The summed E-state index contributed by atoms with van der Waals surface area (Å²) in [6.45, 7) is 1.20. The maximum Gasteiger partial charge on any atom is 0.332 e.